The summed E-state index contributed by atoms with van der Waals surface area (Å²) in [4.78, 5) is 0. The van der Waals surface area contributed by atoms with Crippen LogP contribution in [0.5, 0.6) is 0 Å². The maximum atomic E-state index is 3.72. The summed E-state index contributed by atoms with van der Waals surface area (Å²) in [6.45, 7) is 0. The summed E-state index contributed by atoms with van der Waals surface area (Å²) in [6.07, 6.45) is 22.0. The first kappa shape index (κ1) is 39.0. The summed E-state index contributed by atoms with van der Waals surface area (Å²) in [5, 5.41) is 8.62. The first-order chi connectivity index (χ1) is 33.3. The van der Waals surface area contributed by atoms with Crippen LogP contribution < -0.4 is 5.32 Å². The van der Waals surface area contributed by atoms with Crippen molar-refractivity contribution in [1.29, 1.82) is 0 Å². The lowest BCUT2D eigenvalue weighted by atomic mass is 9.67. The van der Waals surface area contributed by atoms with Crippen LogP contribution in [0.1, 0.15) is 40.7 Å². The van der Waals surface area contributed by atoms with E-state index in [2.05, 4.69) is 253 Å². The SMILES string of the molecule is C1=CC(n2c3ccc(-c4ccccc4)cc3c3cc(-c4ccc5c6c(cccc46)N/C=C/C=C\C=C/c4c-5ccc5c4-c4ccccc4C5(c4ccccc4)c4ccccc4)ccc32)=CCC1. The lowest BCUT2D eigenvalue weighted by Gasteiger charge is -2.34. The van der Waals surface area contributed by atoms with Crippen molar-refractivity contribution in [2.24, 2.45) is 0 Å². The van der Waals surface area contributed by atoms with E-state index in [9.17, 15) is 0 Å². The Morgan fingerprint density at radius 1 is 0.433 bits per heavy atom. The molecule has 0 bridgehead atoms. The minimum atomic E-state index is -0.494. The quantitative estimate of drug-likeness (QED) is 0.182. The van der Waals surface area contributed by atoms with Crippen molar-refractivity contribution in [3.05, 3.63) is 271 Å². The van der Waals surface area contributed by atoms with Gasteiger partial charge in [-0.3, -0.25) is 0 Å². The highest BCUT2D eigenvalue weighted by Gasteiger charge is 2.47. The number of rotatable bonds is 5. The Morgan fingerprint density at radius 2 is 1.10 bits per heavy atom. The number of nitrogens with zero attached hydrogens (tertiary/aromatic N) is 1. The summed E-state index contributed by atoms with van der Waals surface area (Å²) in [6, 6.07) is 72.3. The zero-order valence-electron chi connectivity index (χ0n) is 37.0. The normalized spacial score (nSPS) is 16.0. The Labute approximate surface area is 391 Å². The van der Waals surface area contributed by atoms with E-state index in [0.29, 0.717) is 0 Å². The third-order valence-electron chi connectivity index (χ3n) is 14.3. The highest BCUT2D eigenvalue weighted by atomic mass is 15.0. The van der Waals surface area contributed by atoms with Crippen LogP contribution in [0.2, 0.25) is 0 Å². The molecule has 10 aromatic rings. The van der Waals surface area contributed by atoms with Gasteiger partial charge in [0.2, 0.25) is 0 Å². The summed E-state index contributed by atoms with van der Waals surface area (Å²) < 4.78 is 2.46. The Bertz CT molecular complexity index is 3710. The average molecular weight is 855 g/mol. The lowest BCUT2D eigenvalue weighted by Crippen LogP contribution is -2.28. The fraction of sp³-hybridized carbons (Fsp3) is 0.0462. The Kier molecular flexibility index (Phi) is 9.25. The van der Waals surface area contributed by atoms with Gasteiger partial charge in [-0.15, -0.1) is 0 Å². The summed E-state index contributed by atoms with van der Waals surface area (Å²) >= 11 is 0. The second kappa shape index (κ2) is 15.9. The lowest BCUT2D eigenvalue weighted by molar-refractivity contribution is 0.768. The number of nitrogens with one attached hydrogen (secondary N) is 1. The highest BCUT2D eigenvalue weighted by molar-refractivity contribution is 6.16. The van der Waals surface area contributed by atoms with E-state index in [0.717, 1.165) is 18.5 Å². The van der Waals surface area contributed by atoms with Crippen LogP contribution >= 0.6 is 0 Å². The minimum absolute atomic E-state index is 0.494. The molecular formula is C65H46N2. The molecule has 67 heavy (non-hydrogen) atoms. The van der Waals surface area contributed by atoms with Crippen molar-refractivity contribution >= 4 is 50.0 Å². The summed E-state index contributed by atoms with van der Waals surface area (Å²) in [5.74, 6) is 0. The number of benzene rings is 9. The standard InChI is InChI=1S/C65H46N2/c1-2-18-41-66-60-32-19-30-52-50(46-34-40-62-57(43-46)56-42-45(44-20-7-3-8-21-44)33-39-61(56)67(62)49-26-13-6-14-27-49)35-36-54(64(52)60)51-37-38-59-63(53(51)28-15-1)55-29-16-17-31-58(55)65(59,47-22-9-4-10-23-47)48-24-11-5-12-25-48/h1-5,7-13,15-43,66H,6,14H2/b2-1-,28-15-,41-18+. The fourth-order valence-corrected chi connectivity index (χ4v) is 11.5. The van der Waals surface area contributed by atoms with E-state index in [1.54, 1.807) is 0 Å². The Balaban J connectivity index is 1.06. The third kappa shape index (κ3) is 6.10. The van der Waals surface area contributed by atoms with Gasteiger partial charge in [-0.25, -0.2) is 0 Å². The molecule has 0 saturated heterocycles. The summed E-state index contributed by atoms with van der Waals surface area (Å²) in [7, 11) is 0. The maximum Gasteiger partial charge on any atom is 0.0713 e. The van der Waals surface area contributed by atoms with Crippen LogP contribution in [-0.2, 0) is 5.41 Å². The Hall–Kier alpha value is -8.46. The van der Waals surface area contributed by atoms with E-state index in [1.165, 1.54) is 111 Å². The zero-order valence-corrected chi connectivity index (χ0v) is 37.0. The molecule has 0 spiro atoms. The predicted molar refractivity (Wildman–Crippen MR) is 284 cm³/mol. The van der Waals surface area contributed by atoms with E-state index in [4.69, 9.17) is 0 Å². The van der Waals surface area contributed by atoms with Crippen molar-refractivity contribution in [3.63, 3.8) is 0 Å². The Morgan fingerprint density at radius 3 is 1.87 bits per heavy atom. The molecule has 9 aromatic carbocycles. The molecule has 0 saturated carbocycles. The van der Waals surface area contributed by atoms with Crippen molar-refractivity contribution in [1.82, 2.24) is 4.57 Å². The van der Waals surface area contributed by atoms with Crippen LogP contribution in [0.4, 0.5) is 5.69 Å². The molecule has 3 aliphatic rings. The first-order valence-electron chi connectivity index (χ1n) is 23.5. The van der Waals surface area contributed by atoms with Gasteiger partial charge in [-0.1, -0.05) is 200 Å². The molecule has 1 aromatic heterocycles. The largest absolute Gasteiger partial charge is 0.361 e. The van der Waals surface area contributed by atoms with Gasteiger partial charge >= 0.3 is 0 Å². The van der Waals surface area contributed by atoms with Gasteiger partial charge in [-0.05, 0) is 133 Å². The van der Waals surface area contributed by atoms with Crippen LogP contribution in [0.25, 0.3) is 88.9 Å². The van der Waals surface area contributed by atoms with Gasteiger partial charge < -0.3 is 9.88 Å². The van der Waals surface area contributed by atoms with Crippen LogP contribution in [0.3, 0.4) is 0 Å². The van der Waals surface area contributed by atoms with Crippen molar-refractivity contribution in [3.8, 4) is 44.5 Å². The smallest absolute Gasteiger partial charge is 0.0713 e. The second-order valence-corrected chi connectivity index (χ2v) is 17.9. The number of hydrogen-bond acceptors (Lipinski definition) is 1. The number of fused-ring (bicyclic) bond motifs is 9. The van der Waals surface area contributed by atoms with E-state index in [-0.39, 0.29) is 0 Å². The summed E-state index contributed by atoms with van der Waals surface area (Å²) in [5.41, 5.74) is 20.4. The maximum absolute atomic E-state index is 3.72. The zero-order chi connectivity index (χ0) is 44.3. The van der Waals surface area contributed by atoms with Gasteiger partial charge in [0.1, 0.15) is 0 Å². The first-order valence-corrected chi connectivity index (χ1v) is 23.5. The number of anilines is 1. The molecule has 1 aliphatic heterocycles. The van der Waals surface area contributed by atoms with Gasteiger partial charge in [0, 0.05) is 33.7 Å². The number of aromatic nitrogens is 1. The van der Waals surface area contributed by atoms with Gasteiger partial charge in [0.05, 0.1) is 16.4 Å². The van der Waals surface area contributed by atoms with Crippen LogP contribution in [-0.4, -0.2) is 4.57 Å². The molecule has 0 unspecified atom stereocenters. The fourth-order valence-electron chi connectivity index (χ4n) is 11.5. The molecule has 316 valence electrons. The van der Waals surface area contributed by atoms with E-state index >= 15 is 0 Å². The number of hydrogen-bond donors (Lipinski definition) is 1. The average Bonchev–Trinajstić information content (AvgIpc) is 3.89. The molecule has 0 atom stereocenters. The van der Waals surface area contributed by atoms with Crippen LogP contribution in [0.15, 0.2) is 243 Å². The predicted octanol–water partition coefficient (Wildman–Crippen LogP) is 17.0. The molecule has 13 rings (SSSR count). The third-order valence-corrected chi connectivity index (χ3v) is 14.3. The van der Waals surface area contributed by atoms with Crippen LogP contribution in [0, 0.1) is 0 Å². The second-order valence-electron chi connectivity index (χ2n) is 17.9. The van der Waals surface area contributed by atoms with Gasteiger partial charge in [-0.2, -0.15) is 0 Å². The number of allylic oxidation sites excluding steroid dienone is 8. The van der Waals surface area contributed by atoms with Crippen molar-refractivity contribution in [2.75, 3.05) is 5.32 Å². The highest BCUT2D eigenvalue weighted by Crippen LogP contribution is 2.58. The minimum Gasteiger partial charge on any atom is -0.361 e. The molecule has 0 amide bonds. The van der Waals surface area contributed by atoms with E-state index in [1.807, 2.05) is 6.20 Å². The molecule has 2 heteroatoms. The topological polar surface area (TPSA) is 17.0 Å². The molecule has 2 aliphatic carbocycles. The monoisotopic (exact) mass is 854 g/mol. The molecule has 0 radical (unpaired) electrons. The molecular weight excluding hydrogens is 809 g/mol. The molecule has 0 fully saturated rings. The molecule has 2 heterocycles. The van der Waals surface area contributed by atoms with Gasteiger partial charge in [0.25, 0.3) is 0 Å². The molecule has 1 N–H and O–H groups in total. The van der Waals surface area contributed by atoms with Crippen molar-refractivity contribution < 1.29 is 0 Å². The molecule has 2 nitrogen and oxygen atoms in total. The van der Waals surface area contributed by atoms with Crippen molar-refractivity contribution in [2.45, 2.75) is 18.3 Å². The van der Waals surface area contributed by atoms with E-state index < -0.39 is 5.41 Å². The van der Waals surface area contributed by atoms with Gasteiger partial charge in [0.15, 0.2) is 0 Å².